The molecule has 0 fully saturated rings. The van der Waals surface area contributed by atoms with Crippen LogP contribution in [0, 0.1) is 0 Å². The van der Waals surface area contributed by atoms with Crippen LogP contribution in [0.25, 0.3) is 0 Å². The van der Waals surface area contributed by atoms with Crippen LogP contribution in [0.1, 0.15) is 17.4 Å². The third-order valence-electron chi connectivity index (χ3n) is 2.10. The highest BCUT2D eigenvalue weighted by Gasteiger charge is 2.13. The maximum Gasteiger partial charge on any atom is 0.149 e. The van der Waals surface area contributed by atoms with Crippen molar-refractivity contribution < 1.29 is 0 Å². The highest BCUT2D eigenvalue weighted by Crippen LogP contribution is 2.23. The molecule has 0 aliphatic carbocycles. The number of rotatable bonds is 2. The van der Waals surface area contributed by atoms with Crippen LogP contribution in [0.15, 0.2) is 42.7 Å². The summed E-state index contributed by atoms with van der Waals surface area (Å²) in [5, 5.41) is 0.637. The second-order valence-electron chi connectivity index (χ2n) is 3.11. The molecule has 1 heterocycles. The van der Waals surface area contributed by atoms with E-state index in [9.17, 15) is 0 Å². The molecule has 1 atom stereocenters. The Morgan fingerprint density at radius 1 is 1.07 bits per heavy atom. The summed E-state index contributed by atoms with van der Waals surface area (Å²) in [5.41, 5.74) is 6.85. The van der Waals surface area contributed by atoms with Gasteiger partial charge in [0.25, 0.3) is 0 Å². The molecule has 0 saturated carbocycles. The van der Waals surface area contributed by atoms with Crippen LogP contribution in [0.4, 0.5) is 0 Å². The molecule has 0 aliphatic rings. The lowest BCUT2D eigenvalue weighted by atomic mass is 10.1. The van der Waals surface area contributed by atoms with Crippen molar-refractivity contribution in [3.05, 3.63) is 59.1 Å². The Bertz CT molecular complexity index is 445. The number of nitrogens with zero attached hydrogens (tertiary/aromatic N) is 2. The van der Waals surface area contributed by atoms with Crippen LogP contribution in [0.5, 0.6) is 0 Å². The molecule has 2 N–H and O–H groups in total. The van der Waals surface area contributed by atoms with Crippen molar-refractivity contribution in [3.63, 3.8) is 0 Å². The van der Waals surface area contributed by atoms with Gasteiger partial charge in [-0.05, 0) is 17.7 Å². The molecule has 1 aromatic heterocycles. The molecule has 76 valence electrons. The largest absolute Gasteiger partial charge is 0.318 e. The molecule has 3 nitrogen and oxygen atoms in total. The maximum atomic E-state index is 6.03. The Morgan fingerprint density at radius 2 is 1.73 bits per heavy atom. The highest BCUT2D eigenvalue weighted by molar-refractivity contribution is 6.31. The molecule has 15 heavy (non-hydrogen) atoms. The van der Waals surface area contributed by atoms with E-state index in [2.05, 4.69) is 9.97 Å². The first-order chi connectivity index (χ1) is 7.29. The monoisotopic (exact) mass is 219 g/mol. The van der Waals surface area contributed by atoms with Crippen LogP contribution >= 0.6 is 11.6 Å². The molecular formula is C11H10ClN3. The normalized spacial score (nSPS) is 12.4. The van der Waals surface area contributed by atoms with Gasteiger partial charge >= 0.3 is 0 Å². The van der Waals surface area contributed by atoms with Gasteiger partial charge in [-0.2, -0.15) is 0 Å². The van der Waals surface area contributed by atoms with E-state index >= 15 is 0 Å². The Kier molecular flexibility index (Phi) is 2.94. The Balaban J connectivity index is 2.37. The average molecular weight is 220 g/mol. The van der Waals surface area contributed by atoms with Gasteiger partial charge in [0.2, 0.25) is 0 Å². The third-order valence-corrected chi connectivity index (χ3v) is 2.45. The molecular weight excluding hydrogens is 210 g/mol. The highest BCUT2D eigenvalue weighted by atomic mass is 35.5. The van der Waals surface area contributed by atoms with Crippen LogP contribution in [0.3, 0.4) is 0 Å². The van der Waals surface area contributed by atoms with Crippen molar-refractivity contribution in [2.24, 2.45) is 5.73 Å². The van der Waals surface area contributed by atoms with Crippen molar-refractivity contribution in [1.29, 1.82) is 0 Å². The average Bonchev–Trinajstić information content (AvgIpc) is 2.30. The molecule has 2 aromatic rings. The number of hydrogen-bond acceptors (Lipinski definition) is 3. The smallest absolute Gasteiger partial charge is 0.149 e. The number of aromatic nitrogens is 2. The molecule has 4 heteroatoms. The number of hydrogen-bond donors (Lipinski definition) is 1. The van der Waals surface area contributed by atoms with E-state index in [1.54, 1.807) is 24.5 Å². The van der Waals surface area contributed by atoms with Crippen LogP contribution < -0.4 is 5.73 Å². The number of nitrogens with two attached hydrogens (primary N) is 1. The van der Waals surface area contributed by atoms with Crippen LogP contribution in [0.2, 0.25) is 5.02 Å². The van der Waals surface area contributed by atoms with E-state index in [0.717, 1.165) is 5.56 Å². The van der Waals surface area contributed by atoms with Gasteiger partial charge in [-0.15, -0.1) is 0 Å². The molecule has 0 radical (unpaired) electrons. The van der Waals surface area contributed by atoms with Crippen molar-refractivity contribution in [3.8, 4) is 0 Å². The summed E-state index contributed by atoms with van der Waals surface area (Å²) in [5.74, 6) is 0.575. The van der Waals surface area contributed by atoms with Crippen molar-refractivity contribution >= 4 is 11.6 Å². The first-order valence-corrected chi connectivity index (χ1v) is 4.94. The Labute approximate surface area is 92.9 Å². The minimum absolute atomic E-state index is 0.375. The lowest BCUT2D eigenvalue weighted by Gasteiger charge is -2.11. The first-order valence-electron chi connectivity index (χ1n) is 4.56. The summed E-state index contributed by atoms with van der Waals surface area (Å²) in [4.78, 5) is 8.20. The molecule has 0 aliphatic heterocycles. The zero-order chi connectivity index (χ0) is 10.7. The van der Waals surface area contributed by atoms with Gasteiger partial charge in [0.15, 0.2) is 0 Å². The van der Waals surface area contributed by atoms with Gasteiger partial charge < -0.3 is 5.73 Å². The second-order valence-corrected chi connectivity index (χ2v) is 3.51. The number of benzene rings is 1. The molecule has 0 amide bonds. The molecule has 0 bridgehead atoms. The van der Waals surface area contributed by atoms with Gasteiger partial charge in [-0.1, -0.05) is 29.8 Å². The van der Waals surface area contributed by atoms with E-state index in [-0.39, 0.29) is 6.04 Å². The predicted octanol–water partition coefficient (Wildman–Crippen LogP) is 2.18. The molecule has 1 unspecified atom stereocenters. The minimum Gasteiger partial charge on any atom is -0.318 e. The topological polar surface area (TPSA) is 51.8 Å². The van der Waals surface area contributed by atoms with E-state index < -0.39 is 0 Å². The molecule has 0 saturated heterocycles. The van der Waals surface area contributed by atoms with E-state index in [1.165, 1.54) is 0 Å². The van der Waals surface area contributed by atoms with Crippen molar-refractivity contribution in [2.75, 3.05) is 0 Å². The van der Waals surface area contributed by atoms with Gasteiger partial charge in [-0.25, -0.2) is 9.97 Å². The van der Waals surface area contributed by atoms with Gasteiger partial charge in [-0.3, -0.25) is 0 Å². The van der Waals surface area contributed by atoms with E-state index in [0.29, 0.717) is 10.8 Å². The predicted molar refractivity (Wildman–Crippen MR) is 59.5 cm³/mol. The second kappa shape index (κ2) is 4.38. The zero-order valence-electron chi connectivity index (χ0n) is 7.97. The quantitative estimate of drug-likeness (QED) is 0.842. The number of halogens is 1. The van der Waals surface area contributed by atoms with E-state index in [4.69, 9.17) is 17.3 Å². The zero-order valence-corrected chi connectivity index (χ0v) is 8.72. The first kappa shape index (κ1) is 10.1. The van der Waals surface area contributed by atoms with Gasteiger partial charge in [0, 0.05) is 17.4 Å². The lowest BCUT2D eigenvalue weighted by molar-refractivity contribution is 0.781. The fourth-order valence-corrected chi connectivity index (χ4v) is 1.59. The van der Waals surface area contributed by atoms with Crippen LogP contribution in [-0.2, 0) is 0 Å². The summed E-state index contributed by atoms with van der Waals surface area (Å²) in [6.07, 6.45) is 3.33. The lowest BCUT2D eigenvalue weighted by Crippen LogP contribution is -2.15. The summed E-state index contributed by atoms with van der Waals surface area (Å²) in [6, 6.07) is 8.82. The fourth-order valence-electron chi connectivity index (χ4n) is 1.34. The minimum atomic E-state index is -0.375. The standard InChI is InChI=1S/C11H10ClN3/c12-9-5-2-1-4-8(9)10(13)11-14-6-3-7-15-11/h1-7,10H,13H2. The maximum absolute atomic E-state index is 6.03. The fraction of sp³-hybridized carbons (Fsp3) is 0.0909. The third kappa shape index (κ3) is 2.14. The molecule has 1 aromatic carbocycles. The summed E-state index contributed by atoms with van der Waals surface area (Å²) in [6.45, 7) is 0. The Morgan fingerprint density at radius 3 is 2.40 bits per heavy atom. The van der Waals surface area contributed by atoms with E-state index in [1.807, 2.05) is 18.2 Å². The summed E-state index contributed by atoms with van der Waals surface area (Å²) in [7, 11) is 0. The summed E-state index contributed by atoms with van der Waals surface area (Å²) >= 11 is 6.03. The Hall–Kier alpha value is -1.45. The van der Waals surface area contributed by atoms with Crippen LogP contribution in [-0.4, -0.2) is 9.97 Å². The van der Waals surface area contributed by atoms with Crippen molar-refractivity contribution in [2.45, 2.75) is 6.04 Å². The SMILES string of the molecule is NC(c1ncccn1)c1ccccc1Cl. The summed E-state index contributed by atoms with van der Waals surface area (Å²) < 4.78 is 0. The molecule has 0 spiro atoms. The van der Waals surface area contributed by atoms with Gasteiger partial charge in [0.05, 0.1) is 6.04 Å². The molecule has 2 rings (SSSR count). The van der Waals surface area contributed by atoms with Crippen molar-refractivity contribution in [1.82, 2.24) is 9.97 Å². The van der Waals surface area contributed by atoms with Gasteiger partial charge in [0.1, 0.15) is 5.82 Å².